The molecule has 0 aliphatic carbocycles. The fourth-order valence-corrected chi connectivity index (χ4v) is 1.51. The van der Waals surface area contributed by atoms with Crippen LogP contribution in [0.15, 0.2) is 18.3 Å². The van der Waals surface area contributed by atoms with E-state index in [1.165, 1.54) is 0 Å². The molecule has 1 heterocycles. The fraction of sp³-hybridized carbons (Fsp3) is 0.500. The van der Waals surface area contributed by atoms with Gasteiger partial charge < -0.3 is 9.80 Å². The molecule has 1 amide bonds. The van der Waals surface area contributed by atoms with Crippen LogP contribution in [0, 0.1) is 0 Å². The lowest BCUT2D eigenvalue weighted by atomic mass is 10.3. The van der Waals surface area contributed by atoms with Gasteiger partial charge in [0.05, 0.1) is 0 Å². The van der Waals surface area contributed by atoms with Gasteiger partial charge in [0.15, 0.2) is 0 Å². The minimum absolute atomic E-state index is 0.137. The Morgan fingerprint density at radius 1 is 1.38 bits per heavy atom. The molecule has 0 radical (unpaired) electrons. The summed E-state index contributed by atoms with van der Waals surface area (Å²) in [6, 6.07) is 3.79. The van der Waals surface area contributed by atoms with E-state index in [1.807, 2.05) is 45.0 Å². The predicted octanol–water partition coefficient (Wildman–Crippen LogP) is 1.91. The lowest BCUT2D eigenvalue weighted by Gasteiger charge is -2.21. The van der Waals surface area contributed by atoms with Crippen LogP contribution >= 0.6 is 0 Å². The van der Waals surface area contributed by atoms with Crippen molar-refractivity contribution in [3.63, 3.8) is 0 Å². The number of pyridine rings is 1. The van der Waals surface area contributed by atoms with E-state index in [9.17, 15) is 4.79 Å². The molecule has 1 aromatic rings. The van der Waals surface area contributed by atoms with E-state index in [1.54, 1.807) is 11.1 Å². The van der Waals surface area contributed by atoms with Gasteiger partial charge in [-0.05, 0) is 13.0 Å². The second-order valence-electron chi connectivity index (χ2n) is 3.76. The third-order valence-corrected chi connectivity index (χ3v) is 2.42. The lowest BCUT2D eigenvalue weighted by Crippen LogP contribution is -2.30. The first-order valence-corrected chi connectivity index (χ1v) is 5.53. The molecule has 1 aromatic heterocycles. The van der Waals surface area contributed by atoms with Crippen molar-refractivity contribution in [3.8, 4) is 0 Å². The van der Waals surface area contributed by atoms with E-state index in [4.69, 9.17) is 0 Å². The van der Waals surface area contributed by atoms with Crippen LogP contribution < -0.4 is 9.80 Å². The molecule has 1 rings (SSSR count). The minimum atomic E-state index is 0.137. The number of aromatic nitrogens is 1. The Morgan fingerprint density at radius 3 is 2.56 bits per heavy atom. The number of rotatable bonds is 4. The van der Waals surface area contributed by atoms with Crippen molar-refractivity contribution < 1.29 is 4.79 Å². The van der Waals surface area contributed by atoms with Crippen molar-refractivity contribution >= 4 is 17.4 Å². The van der Waals surface area contributed by atoms with Gasteiger partial charge in [0.2, 0.25) is 5.91 Å². The van der Waals surface area contributed by atoms with E-state index in [-0.39, 0.29) is 5.91 Å². The van der Waals surface area contributed by atoms with Crippen LogP contribution in [0.3, 0.4) is 0 Å². The van der Waals surface area contributed by atoms with Crippen molar-refractivity contribution in [1.29, 1.82) is 0 Å². The molecule has 0 atom stereocenters. The van der Waals surface area contributed by atoms with E-state index in [2.05, 4.69) is 4.98 Å². The van der Waals surface area contributed by atoms with Gasteiger partial charge in [-0.3, -0.25) is 4.79 Å². The Labute approximate surface area is 96.9 Å². The molecule has 0 spiro atoms. The highest BCUT2D eigenvalue weighted by atomic mass is 16.2. The highest BCUT2D eigenvalue weighted by Crippen LogP contribution is 2.19. The summed E-state index contributed by atoms with van der Waals surface area (Å²) in [6.07, 6.45) is 2.25. The van der Waals surface area contributed by atoms with E-state index < -0.39 is 0 Å². The lowest BCUT2D eigenvalue weighted by molar-refractivity contribution is -0.118. The van der Waals surface area contributed by atoms with Gasteiger partial charge in [-0.15, -0.1) is 0 Å². The van der Waals surface area contributed by atoms with Gasteiger partial charge in [0.25, 0.3) is 0 Å². The molecule has 0 N–H and O–H groups in total. The Hall–Kier alpha value is -1.58. The maximum absolute atomic E-state index is 11.7. The van der Waals surface area contributed by atoms with Crippen LogP contribution in [0.2, 0.25) is 0 Å². The summed E-state index contributed by atoms with van der Waals surface area (Å²) in [5, 5.41) is 0. The summed E-state index contributed by atoms with van der Waals surface area (Å²) in [4.78, 5) is 19.6. The van der Waals surface area contributed by atoms with Crippen molar-refractivity contribution in [2.24, 2.45) is 0 Å². The maximum Gasteiger partial charge on any atom is 0.226 e. The van der Waals surface area contributed by atoms with Gasteiger partial charge in [-0.1, -0.05) is 6.92 Å². The normalized spacial score (nSPS) is 10.0. The molecule has 88 valence electrons. The standard InChI is InChI=1S/C12H19N3O/c1-5-12(16)15(6-2)10-7-8-13-11(9-10)14(3)4/h7-9H,5-6H2,1-4H3. The summed E-state index contributed by atoms with van der Waals surface area (Å²) in [7, 11) is 3.87. The Kier molecular flexibility index (Phi) is 4.28. The van der Waals surface area contributed by atoms with Crippen molar-refractivity contribution in [2.75, 3.05) is 30.4 Å². The van der Waals surface area contributed by atoms with E-state index >= 15 is 0 Å². The molecule has 0 unspecified atom stereocenters. The number of carbonyl (C=O) groups excluding carboxylic acids is 1. The second kappa shape index (κ2) is 5.49. The molecule has 16 heavy (non-hydrogen) atoms. The third-order valence-electron chi connectivity index (χ3n) is 2.42. The van der Waals surface area contributed by atoms with Gasteiger partial charge in [-0.25, -0.2) is 4.98 Å². The van der Waals surface area contributed by atoms with Gasteiger partial charge >= 0.3 is 0 Å². The smallest absolute Gasteiger partial charge is 0.226 e. The van der Waals surface area contributed by atoms with Crippen LogP contribution in [-0.4, -0.2) is 31.5 Å². The van der Waals surface area contributed by atoms with E-state index in [0.717, 1.165) is 11.5 Å². The molecule has 0 aliphatic rings. The molecular weight excluding hydrogens is 202 g/mol. The fourth-order valence-electron chi connectivity index (χ4n) is 1.51. The summed E-state index contributed by atoms with van der Waals surface area (Å²) >= 11 is 0. The second-order valence-corrected chi connectivity index (χ2v) is 3.76. The molecule has 4 heteroatoms. The zero-order valence-corrected chi connectivity index (χ0v) is 10.4. The average Bonchev–Trinajstić information content (AvgIpc) is 2.30. The highest BCUT2D eigenvalue weighted by molar-refractivity contribution is 5.93. The zero-order valence-electron chi connectivity index (χ0n) is 10.4. The third kappa shape index (κ3) is 2.72. The number of hydrogen-bond acceptors (Lipinski definition) is 3. The summed E-state index contributed by atoms with van der Waals surface area (Å²) in [5.74, 6) is 0.998. The molecule has 0 aromatic carbocycles. The first-order valence-electron chi connectivity index (χ1n) is 5.53. The maximum atomic E-state index is 11.7. The molecular formula is C12H19N3O. The first-order chi connectivity index (χ1) is 7.60. The number of carbonyl (C=O) groups is 1. The van der Waals surface area contributed by atoms with Gasteiger partial charge in [0, 0.05) is 45.0 Å². The van der Waals surface area contributed by atoms with Gasteiger partial charge in [0.1, 0.15) is 5.82 Å². The Balaban J connectivity index is 3.01. The predicted molar refractivity (Wildman–Crippen MR) is 66.9 cm³/mol. The largest absolute Gasteiger partial charge is 0.363 e. The first kappa shape index (κ1) is 12.5. The van der Waals surface area contributed by atoms with Crippen LogP contribution in [-0.2, 0) is 4.79 Å². The molecule has 0 bridgehead atoms. The quantitative estimate of drug-likeness (QED) is 0.779. The highest BCUT2D eigenvalue weighted by Gasteiger charge is 2.12. The number of anilines is 2. The van der Waals surface area contributed by atoms with Crippen molar-refractivity contribution in [3.05, 3.63) is 18.3 Å². The summed E-state index contributed by atoms with van der Waals surface area (Å²) in [6.45, 7) is 4.53. The molecule has 0 saturated heterocycles. The number of nitrogens with zero attached hydrogens (tertiary/aromatic N) is 3. The number of hydrogen-bond donors (Lipinski definition) is 0. The Morgan fingerprint density at radius 2 is 2.06 bits per heavy atom. The zero-order chi connectivity index (χ0) is 12.1. The SMILES string of the molecule is CCC(=O)N(CC)c1ccnc(N(C)C)c1. The molecule has 0 fully saturated rings. The molecule has 4 nitrogen and oxygen atoms in total. The summed E-state index contributed by atoms with van der Waals surface area (Å²) < 4.78 is 0. The minimum Gasteiger partial charge on any atom is -0.363 e. The van der Waals surface area contributed by atoms with E-state index in [0.29, 0.717) is 13.0 Å². The summed E-state index contributed by atoms with van der Waals surface area (Å²) in [5.41, 5.74) is 0.910. The Bertz CT molecular complexity index is 363. The average molecular weight is 221 g/mol. The van der Waals surface area contributed by atoms with Crippen LogP contribution in [0.4, 0.5) is 11.5 Å². The van der Waals surface area contributed by atoms with Crippen molar-refractivity contribution in [2.45, 2.75) is 20.3 Å². The topological polar surface area (TPSA) is 36.4 Å². The monoisotopic (exact) mass is 221 g/mol. The molecule has 0 aliphatic heterocycles. The van der Waals surface area contributed by atoms with Crippen molar-refractivity contribution in [1.82, 2.24) is 4.98 Å². The van der Waals surface area contributed by atoms with Gasteiger partial charge in [-0.2, -0.15) is 0 Å². The van der Waals surface area contributed by atoms with Crippen LogP contribution in [0.25, 0.3) is 0 Å². The van der Waals surface area contributed by atoms with Crippen LogP contribution in [0.1, 0.15) is 20.3 Å². The number of amides is 1. The van der Waals surface area contributed by atoms with Crippen LogP contribution in [0.5, 0.6) is 0 Å². The molecule has 0 saturated carbocycles.